The van der Waals surface area contributed by atoms with Crippen LogP contribution in [0.3, 0.4) is 0 Å². The maximum absolute atomic E-state index is 12.9. The SMILES string of the molecule is C=C(CNNC(C)C)c1ccc(F)cc1C. The van der Waals surface area contributed by atoms with Gasteiger partial charge < -0.3 is 0 Å². The number of hydrazine groups is 1. The Labute approximate surface area is 96.5 Å². The molecule has 1 rings (SSSR count). The molecular formula is C13H19FN2. The Balaban J connectivity index is 2.59. The van der Waals surface area contributed by atoms with Crippen molar-refractivity contribution in [2.45, 2.75) is 26.8 Å². The van der Waals surface area contributed by atoms with Crippen LogP contribution in [0.5, 0.6) is 0 Å². The Morgan fingerprint density at radius 2 is 2.12 bits per heavy atom. The molecule has 0 aliphatic carbocycles. The molecule has 0 saturated heterocycles. The fraction of sp³-hybridized carbons (Fsp3) is 0.385. The average Bonchev–Trinajstić information content (AvgIpc) is 2.16. The number of nitrogens with one attached hydrogen (secondary N) is 2. The first-order valence-corrected chi connectivity index (χ1v) is 5.43. The predicted molar refractivity (Wildman–Crippen MR) is 66.4 cm³/mol. The lowest BCUT2D eigenvalue weighted by Crippen LogP contribution is -2.38. The summed E-state index contributed by atoms with van der Waals surface area (Å²) in [7, 11) is 0. The van der Waals surface area contributed by atoms with E-state index in [4.69, 9.17) is 0 Å². The Morgan fingerprint density at radius 3 is 2.69 bits per heavy atom. The zero-order chi connectivity index (χ0) is 12.1. The van der Waals surface area contributed by atoms with Crippen molar-refractivity contribution < 1.29 is 4.39 Å². The predicted octanol–water partition coefficient (Wildman–Crippen LogP) is 2.65. The molecule has 0 spiro atoms. The molecule has 0 heterocycles. The number of hydrogen-bond acceptors (Lipinski definition) is 2. The van der Waals surface area contributed by atoms with Gasteiger partial charge in [-0.05, 0) is 49.6 Å². The van der Waals surface area contributed by atoms with Gasteiger partial charge in [0.1, 0.15) is 5.82 Å². The highest BCUT2D eigenvalue weighted by Gasteiger charge is 2.04. The second-order valence-corrected chi connectivity index (χ2v) is 4.22. The number of aryl methyl sites for hydroxylation is 1. The molecule has 0 aliphatic rings. The number of halogens is 1. The van der Waals surface area contributed by atoms with Gasteiger partial charge in [-0.2, -0.15) is 0 Å². The van der Waals surface area contributed by atoms with Gasteiger partial charge in [0, 0.05) is 12.6 Å². The van der Waals surface area contributed by atoms with Crippen molar-refractivity contribution >= 4 is 5.57 Å². The lowest BCUT2D eigenvalue weighted by atomic mass is 10.0. The van der Waals surface area contributed by atoms with Crippen molar-refractivity contribution in [2.75, 3.05) is 6.54 Å². The third-order valence-electron chi connectivity index (χ3n) is 2.26. The fourth-order valence-electron chi connectivity index (χ4n) is 1.48. The first-order chi connectivity index (χ1) is 7.50. The average molecular weight is 222 g/mol. The highest BCUT2D eigenvalue weighted by molar-refractivity contribution is 5.67. The van der Waals surface area contributed by atoms with Gasteiger partial charge in [-0.15, -0.1) is 0 Å². The Morgan fingerprint density at radius 1 is 1.44 bits per heavy atom. The van der Waals surface area contributed by atoms with Crippen molar-refractivity contribution in [1.82, 2.24) is 10.9 Å². The summed E-state index contributed by atoms with van der Waals surface area (Å²) >= 11 is 0. The number of benzene rings is 1. The van der Waals surface area contributed by atoms with Crippen molar-refractivity contribution in [3.05, 3.63) is 41.7 Å². The molecule has 0 amide bonds. The molecule has 3 heteroatoms. The number of rotatable bonds is 5. The van der Waals surface area contributed by atoms with Crippen LogP contribution in [-0.2, 0) is 0 Å². The van der Waals surface area contributed by atoms with Crippen molar-refractivity contribution in [2.24, 2.45) is 0 Å². The van der Waals surface area contributed by atoms with Gasteiger partial charge in [0.2, 0.25) is 0 Å². The van der Waals surface area contributed by atoms with Crippen LogP contribution in [0.1, 0.15) is 25.0 Å². The van der Waals surface area contributed by atoms with E-state index in [0.29, 0.717) is 12.6 Å². The van der Waals surface area contributed by atoms with Crippen molar-refractivity contribution in [3.8, 4) is 0 Å². The zero-order valence-corrected chi connectivity index (χ0v) is 10.1. The zero-order valence-electron chi connectivity index (χ0n) is 10.1. The number of hydrogen-bond donors (Lipinski definition) is 2. The van der Waals surface area contributed by atoms with Crippen molar-refractivity contribution in [1.29, 1.82) is 0 Å². The monoisotopic (exact) mass is 222 g/mol. The molecule has 16 heavy (non-hydrogen) atoms. The summed E-state index contributed by atoms with van der Waals surface area (Å²) < 4.78 is 12.9. The molecule has 1 aromatic carbocycles. The third-order valence-corrected chi connectivity index (χ3v) is 2.26. The van der Waals surface area contributed by atoms with E-state index >= 15 is 0 Å². The van der Waals surface area contributed by atoms with E-state index < -0.39 is 0 Å². The molecule has 88 valence electrons. The largest absolute Gasteiger partial charge is 0.255 e. The molecule has 0 aromatic heterocycles. The maximum Gasteiger partial charge on any atom is 0.123 e. The van der Waals surface area contributed by atoms with E-state index in [1.807, 2.05) is 6.92 Å². The second-order valence-electron chi connectivity index (χ2n) is 4.22. The van der Waals surface area contributed by atoms with Crippen LogP contribution in [0.2, 0.25) is 0 Å². The van der Waals surface area contributed by atoms with Gasteiger partial charge in [0.05, 0.1) is 0 Å². The standard InChI is InChI=1S/C13H19FN2/c1-9(2)16-15-8-11(4)13-6-5-12(14)7-10(13)3/h5-7,9,15-16H,4,8H2,1-3H3. The quantitative estimate of drug-likeness (QED) is 0.748. The summed E-state index contributed by atoms with van der Waals surface area (Å²) in [4.78, 5) is 0. The summed E-state index contributed by atoms with van der Waals surface area (Å²) in [5, 5.41) is 0. The van der Waals surface area contributed by atoms with Crippen LogP contribution in [0.15, 0.2) is 24.8 Å². The molecule has 0 saturated carbocycles. The van der Waals surface area contributed by atoms with Gasteiger partial charge in [-0.3, -0.25) is 10.9 Å². The molecular weight excluding hydrogens is 203 g/mol. The normalized spacial score (nSPS) is 10.8. The summed E-state index contributed by atoms with van der Waals surface area (Å²) in [6, 6.07) is 5.13. The van der Waals surface area contributed by atoms with Gasteiger partial charge in [0.25, 0.3) is 0 Å². The highest BCUT2D eigenvalue weighted by Crippen LogP contribution is 2.17. The van der Waals surface area contributed by atoms with Gasteiger partial charge in [-0.1, -0.05) is 12.6 Å². The fourth-order valence-corrected chi connectivity index (χ4v) is 1.48. The molecule has 0 radical (unpaired) electrons. The first-order valence-electron chi connectivity index (χ1n) is 5.43. The maximum atomic E-state index is 12.9. The first kappa shape index (κ1) is 12.9. The minimum absolute atomic E-state index is 0.206. The molecule has 1 aromatic rings. The van der Waals surface area contributed by atoms with Gasteiger partial charge in [0.15, 0.2) is 0 Å². The Hall–Kier alpha value is -1.19. The minimum Gasteiger partial charge on any atom is -0.255 e. The summed E-state index contributed by atoms with van der Waals surface area (Å²) in [5.74, 6) is -0.206. The molecule has 2 N–H and O–H groups in total. The minimum atomic E-state index is -0.206. The van der Waals surface area contributed by atoms with E-state index in [9.17, 15) is 4.39 Å². The molecule has 0 atom stereocenters. The van der Waals surface area contributed by atoms with Gasteiger partial charge >= 0.3 is 0 Å². The summed E-state index contributed by atoms with van der Waals surface area (Å²) in [6.07, 6.45) is 0. The van der Waals surface area contributed by atoms with Crippen LogP contribution in [-0.4, -0.2) is 12.6 Å². The van der Waals surface area contributed by atoms with Crippen LogP contribution in [0, 0.1) is 12.7 Å². The van der Waals surface area contributed by atoms with Crippen molar-refractivity contribution in [3.63, 3.8) is 0 Å². The lowest BCUT2D eigenvalue weighted by Gasteiger charge is -2.13. The Bertz CT molecular complexity index is 372. The van der Waals surface area contributed by atoms with Crippen LogP contribution < -0.4 is 10.9 Å². The van der Waals surface area contributed by atoms with Crippen LogP contribution in [0.25, 0.3) is 5.57 Å². The van der Waals surface area contributed by atoms with E-state index in [2.05, 4.69) is 31.3 Å². The second kappa shape index (κ2) is 5.77. The lowest BCUT2D eigenvalue weighted by molar-refractivity contribution is 0.500. The van der Waals surface area contributed by atoms with E-state index in [1.165, 1.54) is 12.1 Å². The molecule has 0 bridgehead atoms. The third kappa shape index (κ3) is 3.76. The topological polar surface area (TPSA) is 24.1 Å². The summed E-state index contributed by atoms with van der Waals surface area (Å²) in [5.41, 5.74) is 9.04. The van der Waals surface area contributed by atoms with Crippen LogP contribution in [0.4, 0.5) is 4.39 Å². The molecule has 0 aliphatic heterocycles. The smallest absolute Gasteiger partial charge is 0.123 e. The van der Waals surface area contributed by atoms with Gasteiger partial charge in [-0.25, -0.2) is 4.39 Å². The highest BCUT2D eigenvalue weighted by atomic mass is 19.1. The molecule has 0 unspecified atom stereocenters. The molecule has 0 fully saturated rings. The van der Waals surface area contributed by atoms with E-state index in [-0.39, 0.29) is 5.82 Å². The van der Waals surface area contributed by atoms with Crippen LogP contribution >= 0.6 is 0 Å². The Kier molecular flexibility index (Phi) is 4.65. The van der Waals surface area contributed by atoms with E-state index in [1.54, 1.807) is 6.07 Å². The summed E-state index contributed by atoms with van der Waals surface area (Å²) in [6.45, 7) is 10.6. The molecule has 2 nitrogen and oxygen atoms in total. The van der Waals surface area contributed by atoms with E-state index in [0.717, 1.165) is 16.7 Å².